The van der Waals surface area contributed by atoms with Gasteiger partial charge in [0.25, 0.3) is 0 Å². The Balaban J connectivity index is 2.28. The van der Waals surface area contributed by atoms with Crippen molar-refractivity contribution < 1.29 is 4.79 Å². The summed E-state index contributed by atoms with van der Waals surface area (Å²) < 4.78 is 0. The first-order valence-corrected chi connectivity index (χ1v) is 6.52. The Hall–Kier alpha value is -1.89. The number of Topliss-reactive ketones (excluding diaryl/α,β-unsaturated/α-hetero) is 1. The highest BCUT2D eigenvalue weighted by molar-refractivity contribution is 6.05. The van der Waals surface area contributed by atoms with Crippen molar-refractivity contribution in [3.8, 4) is 11.1 Å². The topological polar surface area (TPSA) is 17.1 Å². The Morgan fingerprint density at radius 2 is 1.56 bits per heavy atom. The van der Waals surface area contributed by atoms with E-state index in [1.807, 2.05) is 24.3 Å². The van der Waals surface area contributed by atoms with Crippen LogP contribution in [0.3, 0.4) is 0 Å². The zero-order valence-corrected chi connectivity index (χ0v) is 10.5. The highest BCUT2D eigenvalue weighted by Gasteiger charge is 2.26. The molecule has 0 fully saturated rings. The van der Waals surface area contributed by atoms with Gasteiger partial charge >= 0.3 is 0 Å². The second kappa shape index (κ2) is 4.41. The fourth-order valence-electron chi connectivity index (χ4n) is 2.80. The fourth-order valence-corrected chi connectivity index (χ4v) is 2.80. The van der Waals surface area contributed by atoms with Crippen LogP contribution in [-0.4, -0.2) is 5.78 Å². The van der Waals surface area contributed by atoms with E-state index < -0.39 is 0 Å². The van der Waals surface area contributed by atoms with E-state index in [0.29, 0.717) is 5.78 Å². The maximum absolute atomic E-state index is 12.5. The Kier molecular flexibility index (Phi) is 2.75. The number of ketones is 1. The minimum absolute atomic E-state index is 0.120. The van der Waals surface area contributed by atoms with Crippen molar-refractivity contribution in [3.05, 3.63) is 59.7 Å². The molecule has 0 N–H and O–H groups in total. The van der Waals surface area contributed by atoms with Gasteiger partial charge in [-0.25, -0.2) is 0 Å². The van der Waals surface area contributed by atoms with Gasteiger partial charge in [-0.05, 0) is 29.5 Å². The molecule has 0 spiro atoms. The molecule has 1 aliphatic carbocycles. The van der Waals surface area contributed by atoms with Crippen molar-refractivity contribution in [3.63, 3.8) is 0 Å². The number of hydrogen-bond acceptors (Lipinski definition) is 1. The van der Waals surface area contributed by atoms with Crippen LogP contribution in [0.25, 0.3) is 11.1 Å². The largest absolute Gasteiger partial charge is 0.294 e. The van der Waals surface area contributed by atoms with Crippen molar-refractivity contribution in [1.82, 2.24) is 0 Å². The molecule has 0 bridgehead atoms. The summed E-state index contributed by atoms with van der Waals surface area (Å²) in [7, 11) is 0. The van der Waals surface area contributed by atoms with Gasteiger partial charge < -0.3 is 0 Å². The number of hydrogen-bond donors (Lipinski definition) is 0. The molecule has 2 aromatic carbocycles. The van der Waals surface area contributed by atoms with Crippen LogP contribution in [0.2, 0.25) is 0 Å². The molecule has 1 nitrogen and oxygen atoms in total. The molecule has 0 saturated carbocycles. The van der Waals surface area contributed by atoms with E-state index in [4.69, 9.17) is 0 Å². The van der Waals surface area contributed by atoms with Gasteiger partial charge in [0.1, 0.15) is 0 Å². The van der Waals surface area contributed by atoms with Gasteiger partial charge in [-0.1, -0.05) is 55.5 Å². The van der Waals surface area contributed by atoms with Crippen LogP contribution in [0.4, 0.5) is 0 Å². The van der Waals surface area contributed by atoms with Crippen LogP contribution in [0, 0.1) is 5.92 Å². The Morgan fingerprint density at radius 3 is 2.28 bits per heavy atom. The molecular weight excluding hydrogens is 220 g/mol. The number of fused-ring (bicyclic) bond motifs is 3. The zero-order valence-electron chi connectivity index (χ0n) is 10.5. The Labute approximate surface area is 107 Å². The third-order valence-electron chi connectivity index (χ3n) is 3.83. The SMILES string of the molecule is CCC1Cc2ccccc2-c2ccccc2C1=O. The minimum atomic E-state index is 0.120. The highest BCUT2D eigenvalue weighted by Crippen LogP contribution is 2.34. The van der Waals surface area contributed by atoms with Crippen LogP contribution in [0.5, 0.6) is 0 Å². The molecule has 0 radical (unpaired) electrons. The lowest BCUT2D eigenvalue weighted by Crippen LogP contribution is -2.15. The monoisotopic (exact) mass is 236 g/mol. The summed E-state index contributed by atoms with van der Waals surface area (Å²) in [6.45, 7) is 2.10. The average molecular weight is 236 g/mol. The van der Waals surface area contributed by atoms with Gasteiger partial charge in [-0.2, -0.15) is 0 Å². The Bertz CT molecular complexity index is 598. The normalized spacial score (nSPS) is 17.8. The molecule has 0 saturated heterocycles. The third-order valence-corrected chi connectivity index (χ3v) is 3.83. The number of rotatable bonds is 1. The van der Waals surface area contributed by atoms with Gasteiger partial charge in [-0.15, -0.1) is 0 Å². The van der Waals surface area contributed by atoms with Crippen LogP contribution in [0.15, 0.2) is 48.5 Å². The number of carbonyl (C=O) groups excluding carboxylic acids is 1. The molecule has 3 rings (SSSR count). The highest BCUT2D eigenvalue weighted by atomic mass is 16.1. The molecule has 1 heteroatoms. The van der Waals surface area contributed by atoms with Gasteiger partial charge in [0, 0.05) is 11.5 Å². The van der Waals surface area contributed by atoms with E-state index in [9.17, 15) is 4.79 Å². The lowest BCUT2D eigenvalue weighted by molar-refractivity contribution is 0.0918. The average Bonchev–Trinajstić information content (AvgIpc) is 2.55. The van der Waals surface area contributed by atoms with Crippen molar-refractivity contribution in [2.45, 2.75) is 19.8 Å². The first kappa shape index (κ1) is 11.2. The van der Waals surface area contributed by atoms with Crippen molar-refractivity contribution in [2.75, 3.05) is 0 Å². The first-order chi connectivity index (χ1) is 8.81. The maximum atomic E-state index is 12.5. The lowest BCUT2D eigenvalue weighted by Gasteiger charge is -2.10. The van der Waals surface area contributed by atoms with Crippen LogP contribution in [-0.2, 0) is 6.42 Å². The van der Waals surface area contributed by atoms with Crippen LogP contribution in [0.1, 0.15) is 29.3 Å². The molecule has 0 aromatic heterocycles. The summed E-state index contributed by atoms with van der Waals surface area (Å²) >= 11 is 0. The standard InChI is InChI=1S/C17H16O/c1-2-12-11-13-7-3-4-8-14(13)15-9-5-6-10-16(15)17(12)18/h3-10,12H,2,11H2,1H3. The molecule has 1 unspecified atom stereocenters. The zero-order chi connectivity index (χ0) is 12.5. The fraction of sp³-hybridized carbons (Fsp3) is 0.235. The molecule has 0 amide bonds. The van der Waals surface area contributed by atoms with E-state index in [1.165, 1.54) is 11.1 Å². The third kappa shape index (κ3) is 1.67. The minimum Gasteiger partial charge on any atom is -0.294 e. The predicted octanol–water partition coefficient (Wildman–Crippen LogP) is 4.12. The molecule has 2 aromatic rings. The molecule has 90 valence electrons. The van der Waals surface area contributed by atoms with E-state index in [1.54, 1.807) is 0 Å². The summed E-state index contributed by atoms with van der Waals surface area (Å²) in [5, 5.41) is 0. The van der Waals surface area contributed by atoms with Gasteiger partial charge in [0.2, 0.25) is 0 Å². The summed E-state index contributed by atoms with van der Waals surface area (Å²) in [4.78, 5) is 12.5. The number of carbonyl (C=O) groups is 1. The van der Waals surface area contributed by atoms with E-state index in [0.717, 1.165) is 24.0 Å². The maximum Gasteiger partial charge on any atom is 0.166 e. The molecule has 0 aliphatic heterocycles. The second-order valence-electron chi connectivity index (χ2n) is 4.88. The van der Waals surface area contributed by atoms with Crippen LogP contribution < -0.4 is 0 Å². The molecule has 1 atom stereocenters. The summed E-state index contributed by atoms with van der Waals surface area (Å²) in [5.74, 6) is 0.416. The Morgan fingerprint density at radius 1 is 0.944 bits per heavy atom. The quantitative estimate of drug-likeness (QED) is 0.728. The van der Waals surface area contributed by atoms with E-state index in [-0.39, 0.29) is 5.92 Å². The molecule has 0 heterocycles. The van der Waals surface area contributed by atoms with Crippen molar-refractivity contribution >= 4 is 5.78 Å². The molecule has 18 heavy (non-hydrogen) atoms. The second-order valence-corrected chi connectivity index (χ2v) is 4.88. The molecular formula is C17H16O. The summed E-state index contributed by atoms with van der Waals surface area (Å²) in [6, 6.07) is 16.4. The van der Waals surface area contributed by atoms with Gasteiger partial charge in [0.15, 0.2) is 5.78 Å². The molecule has 1 aliphatic rings. The van der Waals surface area contributed by atoms with Crippen molar-refractivity contribution in [1.29, 1.82) is 0 Å². The van der Waals surface area contributed by atoms with Gasteiger partial charge in [-0.3, -0.25) is 4.79 Å². The number of benzene rings is 2. The van der Waals surface area contributed by atoms with Crippen LogP contribution >= 0.6 is 0 Å². The predicted molar refractivity (Wildman–Crippen MR) is 73.7 cm³/mol. The summed E-state index contributed by atoms with van der Waals surface area (Å²) in [6.07, 6.45) is 1.77. The lowest BCUT2D eigenvalue weighted by atomic mass is 9.92. The van der Waals surface area contributed by atoms with E-state index >= 15 is 0 Å². The summed E-state index contributed by atoms with van der Waals surface area (Å²) in [5.41, 5.74) is 4.49. The van der Waals surface area contributed by atoms with Gasteiger partial charge in [0.05, 0.1) is 0 Å². The first-order valence-electron chi connectivity index (χ1n) is 6.52. The van der Waals surface area contributed by atoms with E-state index in [2.05, 4.69) is 31.2 Å². The van der Waals surface area contributed by atoms with Crippen molar-refractivity contribution in [2.24, 2.45) is 5.92 Å². The smallest absolute Gasteiger partial charge is 0.166 e.